The van der Waals surface area contributed by atoms with E-state index in [-0.39, 0.29) is 5.91 Å². The molecule has 0 spiro atoms. The van der Waals surface area contributed by atoms with Crippen LogP contribution in [0.25, 0.3) is 0 Å². The second-order valence-electron chi connectivity index (χ2n) is 6.79. The third-order valence-corrected chi connectivity index (χ3v) is 5.62. The average molecular weight is 296 g/mol. The number of hydrogen-bond donors (Lipinski definition) is 2. The Kier molecular flexibility index (Phi) is 5.05. The van der Waals surface area contributed by atoms with Crippen molar-refractivity contribution in [3.8, 4) is 0 Å². The maximum absolute atomic E-state index is 12.7. The van der Waals surface area contributed by atoms with E-state index in [4.69, 9.17) is 18.0 Å². The van der Waals surface area contributed by atoms with Crippen LogP contribution in [-0.2, 0) is 4.79 Å². The van der Waals surface area contributed by atoms with Crippen molar-refractivity contribution in [2.24, 2.45) is 16.6 Å². The van der Waals surface area contributed by atoms with Gasteiger partial charge in [-0.2, -0.15) is 0 Å². The molecule has 0 unspecified atom stereocenters. The summed E-state index contributed by atoms with van der Waals surface area (Å²) in [6, 6.07) is 0. The summed E-state index contributed by atoms with van der Waals surface area (Å²) in [7, 11) is 0. The Labute approximate surface area is 128 Å². The summed E-state index contributed by atoms with van der Waals surface area (Å²) in [4.78, 5) is 13.1. The van der Waals surface area contributed by atoms with Gasteiger partial charge in [0.05, 0.1) is 10.4 Å². The number of carbonyl (C=O) groups is 1. The molecule has 2 aliphatic rings. The number of thiocarbonyl (C=S) groups is 1. The maximum atomic E-state index is 12.7. The Morgan fingerprint density at radius 3 is 2.20 bits per heavy atom. The van der Waals surface area contributed by atoms with Crippen molar-refractivity contribution in [3.05, 3.63) is 0 Å². The van der Waals surface area contributed by atoms with E-state index >= 15 is 0 Å². The molecule has 20 heavy (non-hydrogen) atoms. The Hall–Kier alpha value is -0.640. The molecule has 0 aromatic heterocycles. The van der Waals surface area contributed by atoms with E-state index in [9.17, 15) is 4.79 Å². The van der Waals surface area contributed by atoms with Crippen molar-refractivity contribution in [3.63, 3.8) is 0 Å². The van der Waals surface area contributed by atoms with Gasteiger partial charge < -0.3 is 11.1 Å². The summed E-state index contributed by atoms with van der Waals surface area (Å²) >= 11 is 5.26. The lowest BCUT2D eigenvalue weighted by atomic mass is 9.79. The van der Waals surface area contributed by atoms with Crippen LogP contribution in [0.15, 0.2) is 0 Å². The third kappa shape index (κ3) is 3.33. The first kappa shape index (κ1) is 15.7. The van der Waals surface area contributed by atoms with Gasteiger partial charge in [0, 0.05) is 6.54 Å². The fourth-order valence-electron chi connectivity index (χ4n) is 3.58. The van der Waals surface area contributed by atoms with Crippen LogP contribution in [0.4, 0.5) is 0 Å². The average Bonchev–Trinajstić information content (AvgIpc) is 3.20. The van der Waals surface area contributed by atoms with Gasteiger partial charge in [-0.15, -0.1) is 0 Å². The summed E-state index contributed by atoms with van der Waals surface area (Å²) in [5, 5.41) is 3.18. The maximum Gasteiger partial charge on any atom is 0.233 e. The molecule has 3 nitrogen and oxygen atoms in total. The quantitative estimate of drug-likeness (QED) is 0.584. The lowest BCUT2D eigenvalue weighted by Gasteiger charge is -2.31. The molecule has 0 aromatic rings. The van der Waals surface area contributed by atoms with Crippen molar-refractivity contribution >= 4 is 23.1 Å². The molecule has 0 bridgehead atoms. The molecule has 0 heterocycles. The summed E-state index contributed by atoms with van der Waals surface area (Å²) in [5.74, 6) is 0.0919. The number of nitrogens with two attached hydrogens (primary N) is 1. The molecule has 2 aliphatic carbocycles. The second kappa shape index (κ2) is 6.42. The summed E-state index contributed by atoms with van der Waals surface area (Å²) in [6.45, 7) is 3.02. The van der Waals surface area contributed by atoms with Gasteiger partial charge in [-0.05, 0) is 37.5 Å². The number of hydrogen-bond acceptors (Lipinski definition) is 2. The smallest absolute Gasteiger partial charge is 0.233 e. The molecular formula is C16H28N2OS. The predicted octanol–water partition coefficient (Wildman–Crippen LogP) is 3.31. The number of amides is 1. The molecule has 0 aromatic carbocycles. The molecule has 3 N–H and O–H groups in total. The molecule has 0 saturated heterocycles. The van der Waals surface area contributed by atoms with E-state index in [1.165, 1.54) is 38.5 Å². The van der Waals surface area contributed by atoms with E-state index < -0.39 is 5.41 Å². The van der Waals surface area contributed by atoms with Gasteiger partial charge in [-0.3, -0.25) is 4.79 Å². The zero-order chi connectivity index (χ0) is 14.6. The molecule has 2 fully saturated rings. The van der Waals surface area contributed by atoms with Crippen molar-refractivity contribution < 1.29 is 4.79 Å². The van der Waals surface area contributed by atoms with Crippen LogP contribution in [0.2, 0.25) is 0 Å². The fourth-order valence-corrected chi connectivity index (χ4v) is 3.87. The lowest BCUT2D eigenvalue weighted by Crippen LogP contribution is -2.49. The Balaban J connectivity index is 1.98. The lowest BCUT2D eigenvalue weighted by molar-refractivity contribution is -0.128. The minimum absolute atomic E-state index is 0.0919. The monoisotopic (exact) mass is 296 g/mol. The van der Waals surface area contributed by atoms with Crippen molar-refractivity contribution in [2.75, 3.05) is 6.54 Å². The first-order valence-corrected chi connectivity index (χ1v) is 8.54. The Morgan fingerprint density at radius 2 is 1.75 bits per heavy atom. The van der Waals surface area contributed by atoms with Gasteiger partial charge in [0.15, 0.2) is 0 Å². The molecule has 0 atom stereocenters. The van der Waals surface area contributed by atoms with Crippen LogP contribution in [0.3, 0.4) is 0 Å². The zero-order valence-corrected chi connectivity index (χ0v) is 13.5. The molecular weight excluding hydrogens is 268 g/mol. The van der Waals surface area contributed by atoms with Crippen LogP contribution in [0.1, 0.15) is 71.1 Å². The molecule has 2 saturated carbocycles. The van der Waals surface area contributed by atoms with E-state index in [1.807, 2.05) is 0 Å². The minimum Gasteiger partial charge on any atom is -0.392 e. The molecule has 1 amide bonds. The summed E-state index contributed by atoms with van der Waals surface area (Å²) in [6.07, 6.45) is 11.1. The van der Waals surface area contributed by atoms with Crippen LogP contribution >= 0.6 is 12.2 Å². The van der Waals surface area contributed by atoms with Crippen LogP contribution in [0.5, 0.6) is 0 Å². The number of nitrogens with one attached hydrogen (secondary N) is 1. The van der Waals surface area contributed by atoms with Gasteiger partial charge >= 0.3 is 0 Å². The van der Waals surface area contributed by atoms with Gasteiger partial charge in [0.1, 0.15) is 0 Å². The van der Waals surface area contributed by atoms with Crippen molar-refractivity contribution in [2.45, 2.75) is 71.1 Å². The molecule has 0 radical (unpaired) electrons. The normalized spacial score (nSPS) is 23.6. The summed E-state index contributed by atoms with van der Waals surface area (Å²) in [5.41, 5.74) is 5.76. The standard InChI is InChI=1S/C16H28N2OS/c1-2-7-15(10-11-15)12-18-14(19)16(13(17)20)8-5-3-4-6-9-16/h2-12H2,1H3,(H2,17,20)(H,18,19). The molecule has 114 valence electrons. The highest BCUT2D eigenvalue weighted by Gasteiger charge is 2.45. The molecule has 0 aliphatic heterocycles. The first-order valence-electron chi connectivity index (χ1n) is 8.13. The summed E-state index contributed by atoms with van der Waals surface area (Å²) < 4.78 is 0. The number of carbonyl (C=O) groups excluding carboxylic acids is 1. The topological polar surface area (TPSA) is 55.1 Å². The Morgan fingerprint density at radius 1 is 1.15 bits per heavy atom. The Bertz CT molecular complexity index is 369. The van der Waals surface area contributed by atoms with Gasteiger partial charge in [0.2, 0.25) is 5.91 Å². The van der Waals surface area contributed by atoms with Crippen molar-refractivity contribution in [1.82, 2.24) is 5.32 Å². The van der Waals surface area contributed by atoms with Crippen LogP contribution in [0, 0.1) is 10.8 Å². The van der Waals surface area contributed by atoms with Gasteiger partial charge in [-0.1, -0.05) is 51.2 Å². The highest BCUT2D eigenvalue weighted by Crippen LogP contribution is 2.49. The van der Waals surface area contributed by atoms with Gasteiger partial charge in [0.25, 0.3) is 0 Å². The molecule has 4 heteroatoms. The van der Waals surface area contributed by atoms with E-state index in [0.717, 1.165) is 32.2 Å². The second-order valence-corrected chi connectivity index (χ2v) is 7.23. The third-order valence-electron chi connectivity index (χ3n) is 5.22. The van der Waals surface area contributed by atoms with Crippen molar-refractivity contribution in [1.29, 1.82) is 0 Å². The zero-order valence-electron chi connectivity index (χ0n) is 12.7. The van der Waals surface area contributed by atoms with E-state index in [2.05, 4.69) is 12.2 Å². The number of rotatable bonds is 6. The van der Waals surface area contributed by atoms with Crippen LogP contribution < -0.4 is 11.1 Å². The SMILES string of the molecule is CCCC1(CNC(=O)C2(C(N)=S)CCCCCC2)CC1. The largest absolute Gasteiger partial charge is 0.392 e. The first-order chi connectivity index (χ1) is 9.55. The predicted molar refractivity (Wildman–Crippen MR) is 86.5 cm³/mol. The minimum atomic E-state index is -0.575. The fraction of sp³-hybridized carbons (Fsp3) is 0.875. The highest BCUT2D eigenvalue weighted by molar-refractivity contribution is 7.80. The molecule has 2 rings (SSSR count). The van der Waals surface area contributed by atoms with E-state index in [1.54, 1.807) is 0 Å². The highest BCUT2D eigenvalue weighted by atomic mass is 32.1. The van der Waals surface area contributed by atoms with Crippen LogP contribution in [-0.4, -0.2) is 17.4 Å². The van der Waals surface area contributed by atoms with E-state index in [0.29, 0.717) is 10.4 Å². The van der Waals surface area contributed by atoms with Gasteiger partial charge in [-0.25, -0.2) is 0 Å².